The summed E-state index contributed by atoms with van der Waals surface area (Å²) < 4.78 is 0. The van der Waals surface area contributed by atoms with Gasteiger partial charge in [-0.1, -0.05) is 50.1 Å². The molecule has 2 N–H and O–H groups in total. The van der Waals surface area contributed by atoms with Crippen molar-refractivity contribution >= 4 is 5.78 Å². The summed E-state index contributed by atoms with van der Waals surface area (Å²) in [6, 6.07) is 12.2. The van der Waals surface area contributed by atoms with Gasteiger partial charge in [0, 0.05) is 6.42 Å². The van der Waals surface area contributed by atoms with Crippen molar-refractivity contribution in [3.8, 4) is 11.5 Å². The van der Waals surface area contributed by atoms with Crippen LogP contribution >= 0.6 is 0 Å². The molecule has 0 aromatic heterocycles. The number of aryl methyl sites for hydroxylation is 2. The van der Waals surface area contributed by atoms with Gasteiger partial charge in [-0.2, -0.15) is 0 Å². The lowest BCUT2D eigenvalue weighted by Gasteiger charge is -2.03. The Balaban J connectivity index is 0.000000414. The SMILES string of the molecule is CC.CCCC(=O)c1cc(C)ccc1O.Cc1ccc(O)cc1. The molecule has 2 aromatic carbocycles. The largest absolute Gasteiger partial charge is 0.508 e. The molecule has 0 spiro atoms. The molecule has 126 valence electrons. The first-order valence-electron chi connectivity index (χ1n) is 8.02. The zero-order chi connectivity index (χ0) is 17.8. The Morgan fingerprint density at radius 1 is 0.913 bits per heavy atom. The van der Waals surface area contributed by atoms with Crippen molar-refractivity contribution in [1.82, 2.24) is 0 Å². The monoisotopic (exact) mass is 316 g/mol. The standard InChI is InChI=1S/C11H14O2.C7H8O.C2H6/c1-3-4-10(12)9-7-8(2)5-6-11(9)13;1-6-2-4-7(8)5-3-6;1-2/h5-7,13H,3-4H2,1-2H3;2-5,8H,1H3;1-2H3. The third-order valence-corrected chi connectivity index (χ3v) is 2.96. The number of hydrogen-bond acceptors (Lipinski definition) is 3. The van der Waals surface area contributed by atoms with E-state index < -0.39 is 0 Å². The molecule has 0 fully saturated rings. The summed E-state index contributed by atoms with van der Waals surface area (Å²) in [5, 5.41) is 18.2. The lowest BCUT2D eigenvalue weighted by Crippen LogP contribution is -1.98. The predicted molar refractivity (Wildman–Crippen MR) is 96.3 cm³/mol. The number of rotatable bonds is 3. The fourth-order valence-electron chi connectivity index (χ4n) is 1.78. The van der Waals surface area contributed by atoms with Gasteiger partial charge in [-0.3, -0.25) is 4.79 Å². The molecule has 23 heavy (non-hydrogen) atoms. The van der Waals surface area contributed by atoms with Crippen LogP contribution in [0.25, 0.3) is 0 Å². The predicted octanol–water partition coefficient (Wildman–Crippen LogP) is 5.41. The van der Waals surface area contributed by atoms with E-state index in [1.165, 1.54) is 5.56 Å². The number of carbonyl (C=O) groups is 1. The molecule has 0 saturated carbocycles. The highest BCUT2D eigenvalue weighted by molar-refractivity contribution is 5.98. The summed E-state index contributed by atoms with van der Waals surface area (Å²) >= 11 is 0. The molecule has 3 nitrogen and oxygen atoms in total. The average Bonchev–Trinajstić information content (AvgIpc) is 2.55. The highest BCUT2D eigenvalue weighted by Gasteiger charge is 2.09. The summed E-state index contributed by atoms with van der Waals surface area (Å²) in [6.45, 7) is 9.84. The van der Waals surface area contributed by atoms with E-state index in [0.29, 0.717) is 17.7 Å². The number of phenols is 2. The molecule has 0 amide bonds. The van der Waals surface area contributed by atoms with E-state index in [1.807, 2.05) is 46.8 Å². The highest BCUT2D eigenvalue weighted by atomic mass is 16.3. The fraction of sp³-hybridized carbons (Fsp3) is 0.350. The minimum Gasteiger partial charge on any atom is -0.508 e. The van der Waals surface area contributed by atoms with Crippen LogP contribution in [-0.4, -0.2) is 16.0 Å². The van der Waals surface area contributed by atoms with Crippen molar-refractivity contribution in [3.63, 3.8) is 0 Å². The maximum absolute atomic E-state index is 11.5. The van der Waals surface area contributed by atoms with Gasteiger partial charge in [0.15, 0.2) is 5.78 Å². The number of ketones is 1. The van der Waals surface area contributed by atoms with Gasteiger partial charge in [0.1, 0.15) is 11.5 Å². The molecule has 3 heteroatoms. The molecule has 2 aromatic rings. The number of Topliss-reactive ketones (excluding diaryl/α,β-unsaturated/α-hetero) is 1. The quantitative estimate of drug-likeness (QED) is 0.744. The minimum atomic E-state index is 0.0173. The van der Waals surface area contributed by atoms with Crippen LogP contribution in [0.2, 0.25) is 0 Å². The number of aromatic hydroxyl groups is 2. The molecule has 0 atom stereocenters. The Morgan fingerprint density at radius 2 is 1.43 bits per heavy atom. The summed E-state index contributed by atoms with van der Waals surface area (Å²) in [5.74, 6) is 0.434. The van der Waals surface area contributed by atoms with E-state index in [1.54, 1.807) is 30.3 Å². The van der Waals surface area contributed by atoms with Crippen LogP contribution in [-0.2, 0) is 0 Å². The van der Waals surface area contributed by atoms with Crippen LogP contribution in [0.4, 0.5) is 0 Å². The lowest BCUT2D eigenvalue weighted by molar-refractivity contribution is 0.0979. The molecule has 0 aliphatic heterocycles. The Morgan fingerprint density at radius 3 is 1.91 bits per heavy atom. The normalized spacial score (nSPS) is 9.09. The van der Waals surface area contributed by atoms with E-state index in [0.717, 1.165) is 12.0 Å². The second-order valence-electron chi connectivity index (χ2n) is 5.03. The molecular formula is C20H28O3. The van der Waals surface area contributed by atoms with Crippen LogP contribution in [0.5, 0.6) is 11.5 Å². The molecule has 0 aliphatic rings. The average molecular weight is 316 g/mol. The molecule has 0 saturated heterocycles. The summed E-state index contributed by atoms with van der Waals surface area (Å²) in [4.78, 5) is 11.5. The number of hydrogen-bond donors (Lipinski definition) is 2. The first kappa shape index (κ1) is 20.7. The second-order valence-corrected chi connectivity index (χ2v) is 5.03. The van der Waals surface area contributed by atoms with Crippen molar-refractivity contribution in [3.05, 3.63) is 59.2 Å². The molecule has 0 heterocycles. The first-order chi connectivity index (χ1) is 10.9. The van der Waals surface area contributed by atoms with Gasteiger partial charge < -0.3 is 10.2 Å². The van der Waals surface area contributed by atoms with Gasteiger partial charge >= 0.3 is 0 Å². The summed E-state index contributed by atoms with van der Waals surface area (Å²) in [7, 11) is 0. The highest BCUT2D eigenvalue weighted by Crippen LogP contribution is 2.20. The Hall–Kier alpha value is -2.29. The zero-order valence-corrected chi connectivity index (χ0v) is 14.8. The topological polar surface area (TPSA) is 57.5 Å². The van der Waals surface area contributed by atoms with Crippen molar-refractivity contribution in [2.45, 2.75) is 47.5 Å². The Labute approximate surface area is 139 Å². The lowest BCUT2D eigenvalue weighted by atomic mass is 10.0. The number of benzene rings is 2. The molecule has 2 rings (SSSR count). The summed E-state index contributed by atoms with van der Waals surface area (Å²) in [6.07, 6.45) is 1.31. The number of phenolic OH excluding ortho intramolecular Hbond substituents is 2. The van der Waals surface area contributed by atoms with Crippen molar-refractivity contribution in [2.75, 3.05) is 0 Å². The Bertz CT molecular complexity index is 565. The van der Waals surface area contributed by atoms with Crippen molar-refractivity contribution in [2.24, 2.45) is 0 Å². The van der Waals surface area contributed by atoms with Crippen molar-refractivity contribution in [1.29, 1.82) is 0 Å². The van der Waals surface area contributed by atoms with E-state index >= 15 is 0 Å². The van der Waals surface area contributed by atoms with Crippen molar-refractivity contribution < 1.29 is 15.0 Å². The van der Waals surface area contributed by atoms with E-state index in [4.69, 9.17) is 5.11 Å². The van der Waals surface area contributed by atoms with Crippen LogP contribution in [0.15, 0.2) is 42.5 Å². The van der Waals surface area contributed by atoms with Gasteiger partial charge in [-0.05, 0) is 44.5 Å². The first-order valence-corrected chi connectivity index (χ1v) is 8.02. The minimum absolute atomic E-state index is 0.0173. The zero-order valence-electron chi connectivity index (χ0n) is 14.8. The number of carbonyl (C=O) groups excluding carboxylic acids is 1. The maximum atomic E-state index is 11.5. The van der Waals surface area contributed by atoms with Crippen LogP contribution in [0, 0.1) is 13.8 Å². The van der Waals surface area contributed by atoms with Gasteiger partial charge in [-0.15, -0.1) is 0 Å². The third-order valence-electron chi connectivity index (χ3n) is 2.96. The molecular weight excluding hydrogens is 288 g/mol. The van der Waals surface area contributed by atoms with E-state index in [9.17, 15) is 9.90 Å². The van der Waals surface area contributed by atoms with Crippen LogP contribution in [0.3, 0.4) is 0 Å². The third kappa shape index (κ3) is 8.05. The molecule has 0 bridgehead atoms. The van der Waals surface area contributed by atoms with Gasteiger partial charge in [0.25, 0.3) is 0 Å². The van der Waals surface area contributed by atoms with Gasteiger partial charge in [0.2, 0.25) is 0 Å². The second kappa shape index (κ2) is 11.3. The van der Waals surface area contributed by atoms with Gasteiger partial charge in [-0.25, -0.2) is 0 Å². The van der Waals surface area contributed by atoms with E-state index in [-0.39, 0.29) is 11.5 Å². The molecule has 0 aliphatic carbocycles. The maximum Gasteiger partial charge on any atom is 0.166 e. The summed E-state index contributed by atoms with van der Waals surface area (Å²) in [5.41, 5.74) is 2.61. The Kier molecular flexibility index (Phi) is 10.2. The van der Waals surface area contributed by atoms with Gasteiger partial charge in [0.05, 0.1) is 5.56 Å². The fourth-order valence-corrected chi connectivity index (χ4v) is 1.78. The van der Waals surface area contributed by atoms with E-state index in [2.05, 4.69) is 0 Å². The smallest absolute Gasteiger partial charge is 0.166 e. The van der Waals surface area contributed by atoms with Crippen LogP contribution in [0.1, 0.15) is 55.1 Å². The molecule has 0 unspecified atom stereocenters. The van der Waals surface area contributed by atoms with Crippen LogP contribution < -0.4 is 0 Å². The molecule has 0 radical (unpaired) electrons.